The van der Waals surface area contributed by atoms with Crippen molar-refractivity contribution >= 4 is 53.3 Å². The summed E-state index contributed by atoms with van der Waals surface area (Å²) in [6.07, 6.45) is 1.16. The average Bonchev–Trinajstić information content (AvgIpc) is 3.37. The number of sulfone groups is 1. The number of nitrogens with zero attached hydrogens (tertiary/aromatic N) is 2. The van der Waals surface area contributed by atoms with E-state index in [1.165, 1.54) is 17.4 Å². The summed E-state index contributed by atoms with van der Waals surface area (Å²) >= 11 is 1.22. The lowest BCUT2D eigenvalue weighted by atomic mass is 10.1. The molecule has 5 rings (SSSR count). The highest BCUT2D eigenvalue weighted by Gasteiger charge is 2.17. The van der Waals surface area contributed by atoms with Crippen molar-refractivity contribution in [3.8, 4) is 11.5 Å². The molecule has 0 bridgehead atoms. The topological polar surface area (TPSA) is 102 Å². The summed E-state index contributed by atoms with van der Waals surface area (Å²) in [5, 5.41) is 3.93. The van der Waals surface area contributed by atoms with Crippen LogP contribution in [0.5, 0.6) is 0 Å². The second kappa shape index (κ2) is 7.54. The molecule has 1 amide bonds. The number of furan rings is 1. The first-order chi connectivity index (χ1) is 15.3. The Hall–Kier alpha value is -3.56. The second-order valence-corrected chi connectivity index (χ2v) is 10.4. The van der Waals surface area contributed by atoms with Gasteiger partial charge in [-0.05, 0) is 49.4 Å². The number of carbonyl (C=O) groups excluding carboxylic acids is 1. The number of carbonyl (C=O) groups is 1. The molecule has 7 nitrogen and oxygen atoms in total. The van der Waals surface area contributed by atoms with Crippen LogP contribution in [0.4, 0.5) is 5.13 Å². The highest BCUT2D eigenvalue weighted by Crippen LogP contribution is 2.30. The molecule has 0 saturated carbocycles. The van der Waals surface area contributed by atoms with Gasteiger partial charge >= 0.3 is 0 Å². The van der Waals surface area contributed by atoms with Gasteiger partial charge in [-0.25, -0.2) is 18.4 Å². The van der Waals surface area contributed by atoms with Gasteiger partial charge in [0, 0.05) is 11.6 Å². The molecule has 1 N–H and O–H groups in total. The van der Waals surface area contributed by atoms with Gasteiger partial charge < -0.3 is 4.42 Å². The number of rotatable bonds is 4. The van der Waals surface area contributed by atoms with Crippen molar-refractivity contribution in [2.45, 2.75) is 11.8 Å². The fourth-order valence-electron chi connectivity index (χ4n) is 3.42. The van der Waals surface area contributed by atoms with E-state index in [1.807, 2.05) is 43.3 Å². The van der Waals surface area contributed by atoms with Crippen LogP contribution in [0.2, 0.25) is 0 Å². The summed E-state index contributed by atoms with van der Waals surface area (Å²) in [4.78, 5) is 22.5. The molecular weight excluding hydrogens is 446 g/mol. The Morgan fingerprint density at radius 2 is 1.81 bits per heavy atom. The summed E-state index contributed by atoms with van der Waals surface area (Å²) in [5.74, 6) is 0.995. The van der Waals surface area contributed by atoms with Gasteiger partial charge in [-0.1, -0.05) is 29.5 Å². The first kappa shape index (κ1) is 20.3. The molecule has 0 unspecified atom stereocenters. The lowest BCUT2D eigenvalue weighted by Crippen LogP contribution is -2.12. The number of hydrogen-bond donors (Lipinski definition) is 1. The Morgan fingerprint density at radius 3 is 2.56 bits per heavy atom. The van der Waals surface area contributed by atoms with E-state index in [2.05, 4.69) is 15.3 Å². The minimum absolute atomic E-state index is 0.213. The van der Waals surface area contributed by atoms with Crippen molar-refractivity contribution in [1.82, 2.24) is 9.97 Å². The van der Waals surface area contributed by atoms with Crippen molar-refractivity contribution in [2.75, 3.05) is 11.6 Å². The van der Waals surface area contributed by atoms with Gasteiger partial charge in [0.05, 0.1) is 26.2 Å². The monoisotopic (exact) mass is 463 g/mol. The van der Waals surface area contributed by atoms with E-state index < -0.39 is 9.84 Å². The lowest BCUT2D eigenvalue weighted by Gasteiger charge is -2.08. The summed E-state index contributed by atoms with van der Waals surface area (Å²) < 4.78 is 30.0. The van der Waals surface area contributed by atoms with E-state index in [0.29, 0.717) is 43.3 Å². The first-order valence-corrected chi connectivity index (χ1v) is 12.4. The zero-order valence-electron chi connectivity index (χ0n) is 17.1. The van der Waals surface area contributed by atoms with Gasteiger partial charge in [0.1, 0.15) is 11.5 Å². The summed E-state index contributed by atoms with van der Waals surface area (Å²) in [6.45, 7) is 1.85. The third kappa shape index (κ3) is 3.76. The van der Waals surface area contributed by atoms with E-state index in [9.17, 15) is 13.2 Å². The largest absolute Gasteiger partial charge is 0.460 e. The van der Waals surface area contributed by atoms with Crippen molar-refractivity contribution in [2.24, 2.45) is 0 Å². The molecule has 0 radical (unpaired) electrons. The maximum atomic E-state index is 13.2. The minimum atomic E-state index is -3.33. The third-order valence-electron chi connectivity index (χ3n) is 4.96. The van der Waals surface area contributed by atoms with E-state index in [0.717, 1.165) is 12.0 Å². The molecule has 32 heavy (non-hydrogen) atoms. The zero-order valence-corrected chi connectivity index (χ0v) is 18.8. The summed E-state index contributed by atoms with van der Waals surface area (Å²) in [7, 11) is -3.33. The molecule has 0 spiro atoms. The predicted molar refractivity (Wildman–Crippen MR) is 125 cm³/mol. The number of aromatic nitrogens is 2. The van der Waals surface area contributed by atoms with Crippen LogP contribution >= 0.6 is 11.3 Å². The number of benzene rings is 2. The molecule has 0 aliphatic heterocycles. The van der Waals surface area contributed by atoms with Crippen LogP contribution in [-0.4, -0.2) is 30.5 Å². The molecule has 160 valence electrons. The van der Waals surface area contributed by atoms with Crippen LogP contribution in [0.3, 0.4) is 0 Å². The van der Waals surface area contributed by atoms with Gasteiger partial charge in [-0.15, -0.1) is 0 Å². The van der Waals surface area contributed by atoms with Gasteiger partial charge in [0.2, 0.25) is 0 Å². The third-order valence-corrected chi connectivity index (χ3v) is 7.01. The van der Waals surface area contributed by atoms with Gasteiger partial charge in [-0.2, -0.15) is 0 Å². The molecule has 9 heteroatoms. The number of pyridine rings is 1. The molecule has 0 aliphatic carbocycles. The van der Waals surface area contributed by atoms with Crippen LogP contribution in [0.15, 0.2) is 70.0 Å². The molecule has 0 fully saturated rings. The number of hydrogen-bond acceptors (Lipinski definition) is 7. The quantitative estimate of drug-likeness (QED) is 0.399. The molecule has 5 aromatic rings. The van der Waals surface area contributed by atoms with Gasteiger partial charge in [0.15, 0.2) is 20.7 Å². The normalized spacial score (nSPS) is 11.8. The van der Waals surface area contributed by atoms with Crippen molar-refractivity contribution < 1.29 is 17.6 Å². The fourth-order valence-corrected chi connectivity index (χ4v) is 5.04. The maximum Gasteiger partial charge on any atom is 0.258 e. The van der Waals surface area contributed by atoms with Crippen LogP contribution in [0.25, 0.3) is 32.6 Å². The van der Waals surface area contributed by atoms with Gasteiger partial charge in [-0.3, -0.25) is 10.1 Å². The van der Waals surface area contributed by atoms with E-state index in [1.54, 1.807) is 18.2 Å². The SMILES string of the molecule is Cc1ccc(-c2cc(C(=O)Nc3nc4ccc(S(C)(=O)=O)cc4s3)c3ccccc3n2)o1. The predicted octanol–water partition coefficient (Wildman–Crippen LogP) is 5.07. The molecular formula is C23H17N3O4S2. The fraction of sp³-hybridized carbons (Fsp3) is 0.0870. The lowest BCUT2D eigenvalue weighted by molar-refractivity contribution is 0.102. The van der Waals surface area contributed by atoms with Crippen LogP contribution in [0.1, 0.15) is 16.1 Å². The number of anilines is 1. The number of fused-ring (bicyclic) bond motifs is 2. The summed E-state index contributed by atoms with van der Waals surface area (Å²) in [6, 6.07) is 17.5. The minimum Gasteiger partial charge on any atom is -0.460 e. The molecule has 2 aromatic carbocycles. The van der Waals surface area contributed by atoms with Crippen LogP contribution < -0.4 is 5.32 Å². The second-order valence-electron chi connectivity index (χ2n) is 7.36. The molecule has 3 heterocycles. The smallest absolute Gasteiger partial charge is 0.258 e. The Kier molecular flexibility index (Phi) is 4.79. The molecule has 0 atom stereocenters. The van der Waals surface area contributed by atoms with Crippen molar-refractivity contribution in [3.63, 3.8) is 0 Å². The van der Waals surface area contributed by atoms with Crippen molar-refractivity contribution in [1.29, 1.82) is 0 Å². The zero-order chi connectivity index (χ0) is 22.5. The number of nitrogens with one attached hydrogen (secondary N) is 1. The summed E-state index contributed by atoms with van der Waals surface area (Å²) in [5.41, 5.74) is 2.29. The van der Waals surface area contributed by atoms with Crippen molar-refractivity contribution in [3.05, 3.63) is 72.0 Å². The Balaban J connectivity index is 1.55. The molecule has 0 aliphatic rings. The highest BCUT2D eigenvalue weighted by atomic mass is 32.2. The standard InChI is InChI=1S/C23H17N3O4S2/c1-13-7-10-20(30-13)19-12-16(15-5-3-4-6-17(15)24-19)22(27)26-23-25-18-9-8-14(32(2,28)29)11-21(18)31-23/h3-12H,1-2H3,(H,25,26,27). The maximum absolute atomic E-state index is 13.2. The highest BCUT2D eigenvalue weighted by molar-refractivity contribution is 7.90. The number of amides is 1. The molecule has 3 aromatic heterocycles. The average molecular weight is 464 g/mol. The number of aryl methyl sites for hydroxylation is 1. The van der Waals surface area contributed by atoms with E-state index in [-0.39, 0.29) is 10.8 Å². The van der Waals surface area contributed by atoms with Crippen LogP contribution in [-0.2, 0) is 9.84 Å². The number of para-hydroxylation sites is 1. The number of thiazole rings is 1. The Morgan fingerprint density at radius 1 is 1.00 bits per heavy atom. The van der Waals surface area contributed by atoms with Gasteiger partial charge in [0.25, 0.3) is 5.91 Å². The first-order valence-electron chi connectivity index (χ1n) is 9.66. The van der Waals surface area contributed by atoms with E-state index in [4.69, 9.17) is 4.42 Å². The Bertz CT molecular complexity index is 1620. The van der Waals surface area contributed by atoms with E-state index >= 15 is 0 Å². The Labute approximate surface area is 187 Å². The van der Waals surface area contributed by atoms with Crippen LogP contribution in [0, 0.1) is 6.92 Å². The molecule has 0 saturated heterocycles.